The Kier molecular flexibility index (Phi) is 1.30. The van der Waals surface area contributed by atoms with Crippen LogP contribution >= 0.6 is 11.3 Å². The number of rotatable bonds is 1. The van der Waals surface area contributed by atoms with Gasteiger partial charge in [0, 0.05) is 4.88 Å². The fourth-order valence-corrected chi connectivity index (χ4v) is 0.976. The van der Waals surface area contributed by atoms with Crippen LogP contribution in [0.2, 0.25) is 0 Å². The fraction of sp³-hybridized carbons (Fsp3) is 0. The minimum absolute atomic E-state index is 0.505. The first-order valence-corrected chi connectivity index (χ1v) is 2.98. The van der Waals surface area contributed by atoms with Gasteiger partial charge in [0.05, 0.1) is 0 Å². The molecule has 1 heterocycles. The van der Waals surface area contributed by atoms with Crippen LogP contribution in [0.5, 0.6) is 0 Å². The summed E-state index contributed by atoms with van der Waals surface area (Å²) in [6, 6.07) is 3.40. The molecule has 0 unspecified atom stereocenters. The predicted molar refractivity (Wildman–Crippen MR) is 31.1 cm³/mol. The Morgan fingerprint density at radius 1 is 1.75 bits per heavy atom. The topological polar surface area (TPSA) is 46.9 Å². The molecule has 8 heavy (non-hydrogen) atoms. The first-order chi connectivity index (χ1) is 3.80. The molecule has 1 rings (SSSR count). The van der Waals surface area contributed by atoms with Gasteiger partial charge in [-0.2, -0.15) is 0 Å². The SMILES string of the molecule is N=C([O-])c1cccs1. The average Bonchev–Trinajstić information content (AvgIpc) is 2.12. The molecule has 0 amide bonds. The third-order valence-electron chi connectivity index (χ3n) is 0.745. The Balaban J connectivity index is 2.93. The molecule has 0 aliphatic rings. The zero-order chi connectivity index (χ0) is 5.98. The van der Waals surface area contributed by atoms with E-state index in [0.717, 1.165) is 0 Å². The third-order valence-corrected chi connectivity index (χ3v) is 1.61. The molecule has 3 heteroatoms. The molecule has 0 fully saturated rings. The van der Waals surface area contributed by atoms with E-state index in [1.807, 2.05) is 0 Å². The maximum atomic E-state index is 10.2. The van der Waals surface area contributed by atoms with Gasteiger partial charge in [-0.25, -0.2) is 0 Å². The summed E-state index contributed by atoms with van der Waals surface area (Å²) < 4.78 is 0. The number of thiophene rings is 1. The standard InChI is InChI=1S/C5H5NOS/c6-5(7)4-2-1-3-8-4/h1-3H,(H2,6,7)/p-1. The smallest absolute Gasteiger partial charge is 0.0370 e. The Hall–Kier alpha value is -0.830. The van der Waals surface area contributed by atoms with Crippen molar-refractivity contribution in [3.63, 3.8) is 0 Å². The third kappa shape index (κ3) is 0.869. The number of hydrogen-bond acceptors (Lipinski definition) is 3. The van der Waals surface area contributed by atoms with E-state index in [9.17, 15) is 5.11 Å². The molecule has 0 atom stereocenters. The van der Waals surface area contributed by atoms with Gasteiger partial charge in [0.25, 0.3) is 0 Å². The summed E-state index contributed by atoms with van der Waals surface area (Å²) in [5, 5.41) is 18.6. The lowest BCUT2D eigenvalue weighted by Crippen LogP contribution is -2.14. The zero-order valence-corrected chi connectivity index (χ0v) is 4.87. The molecular formula is C5H4NOS-. The predicted octanol–water partition coefficient (Wildman–Crippen LogP) is 0.434. The van der Waals surface area contributed by atoms with E-state index in [-0.39, 0.29) is 0 Å². The van der Waals surface area contributed by atoms with Crippen molar-refractivity contribution in [1.82, 2.24) is 0 Å². The summed E-state index contributed by atoms with van der Waals surface area (Å²) in [6.45, 7) is 0. The molecule has 0 aromatic carbocycles. The van der Waals surface area contributed by atoms with E-state index in [1.165, 1.54) is 11.3 Å². The van der Waals surface area contributed by atoms with E-state index >= 15 is 0 Å². The Labute approximate surface area is 50.9 Å². The van der Waals surface area contributed by atoms with E-state index in [4.69, 9.17) is 5.41 Å². The molecule has 0 saturated carbocycles. The van der Waals surface area contributed by atoms with Crippen molar-refractivity contribution in [3.05, 3.63) is 22.4 Å². The molecule has 1 aromatic heterocycles. The maximum absolute atomic E-state index is 10.2. The summed E-state index contributed by atoms with van der Waals surface area (Å²) in [7, 11) is 0. The van der Waals surface area contributed by atoms with Crippen LogP contribution in [0, 0.1) is 5.41 Å². The molecular weight excluding hydrogens is 122 g/mol. The van der Waals surface area contributed by atoms with Crippen LogP contribution < -0.4 is 5.11 Å². The Morgan fingerprint density at radius 2 is 2.50 bits per heavy atom. The van der Waals surface area contributed by atoms with E-state index in [2.05, 4.69) is 0 Å². The summed E-state index contributed by atoms with van der Waals surface area (Å²) in [4.78, 5) is 0.505. The molecule has 2 nitrogen and oxygen atoms in total. The molecule has 0 aliphatic heterocycles. The van der Waals surface area contributed by atoms with Crippen molar-refractivity contribution in [2.75, 3.05) is 0 Å². The second-order valence-electron chi connectivity index (χ2n) is 1.31. The minimum atomic E-state index is -0.597. The molecule has 0 spiro atoms. The Bertz CT molecular complexity index is 180. The van der Waals surface area contributed by atoms with E-state index in [0.29, 0.717) is 4.88 Å². The number of hydrogen-bond donors (Lipinski definition) is 1. The zero-order valence-electron chi connectivity index (χ0n) is 4.05. The van der Waals surface area contributed by atoms with Crippen molar-refractivity contribution >= 4 is 17.2 Å². The van der Waals surface area contributed by atoms with Gasteiger partial charge in [-0.15, -0.1) is 11.3 Å². The lowest BCUT2D eigenvalue weighted by Gasteiger charge is -1.99. The second kappa shape index (κ2) is 1.96. The van der Waals surface area contributed by atoms with E-state index < -0.39 is 5.90 Å². The maximum Gasteiger partial charge on any atom is 0.0370 e. The highest BCUT2D eigenvalue weighted by atomic mass is 32.1. The monoisotopic (exact) mass is 126 g/mol. The largest absolute Gasteiger partial charge is 0.858 e. The van der Waals surface area contributed by atoms with E-state index in [1.54, 1.807) is 17.5 Å². The van der Waals surface area contributed by atoms with Gasteiger partial charge < -0.3 is 10.5 Å². The average molecular weight is 126 g/mol. The lowest BCUT2D eigenvalue weighted by molar-refractivity contribution is -0.214. The highest BCUT2D eigenvalue weighted by Crippen LogP contribution is 2.05. The lowest BCUT2D eigenvalue weighted by atomic mass is 10.5. The molecule has 1 aromatic rings. The molecule has 42 valence electrons. The first-order valence-electron chi connectivity index (χ1n) is 2.10. The van der Waals surface area contributed by atoms with Gasteiger partial charge >= 0.3 is 0 Å². The van der Waals surface area contributed by atoms with Crippen LogP contribution in [-0.2, 0) is 0 Å². The quantitative estimate of drug-likeness (QED) is 0.430. The van der Waals surface area contributed by atoms with Crippen molar-refractivity contribution in [2.45, 2.75) is 0 Å². The van der Waals surface area contributed by atoms with Crippen molar-refractivity contribution in [3.8, 4) is 0 Å². The van der Waals surface area contributed by atoms with Gasteiger partial charge in [0.1, 0.15) is 0 Å². The summed E-state index contributed by atoms with van der Waals surface area (Å²) >= 11 is 1.29. The van der Waals surface area contributed by atoms with Crippen LogP contribution in [0.1, 0.15) is 4.88 Å². The van der Waals surface area contributed by atoms with Gasteiger partial charge in [-0.3, -0.25) is 0 Å². The van der Waals surface area contributed by atoms with Crippen LogP contribution in [-0.4, -0.2) is 5.90 Å². The minimum Gasteiger partial charge on any atom is -0.858 e. The molecule has 1 N–H and O–H groups in total. The highest BCUT2D eigenvalue weighted by Gasteiger charge is 1.85. The second-order valence-corrected chi connectivity index (χ2v) is 2.25. The normalized spacial score (nSPS) is 9.00. The van der Waals surface area contributed by atoms with Gasteiger partial charge in [-0.05, 0) is 17.3 Å². The van der Waals surface area contributed by atoms with Gasteiger partial charge in [0.2, 0.25) is 0 Å². The molecule has 0 aliphatic carbocycles. The van der Waals surface area contributed by atoms with Gasteiger partial charge in [-0.1, -0.05) is 6.07 Å². The summed E-state index contributed by atoms with van der Waals surface area (Å²) in [6.07, 6.45) is 0. The van der Waals surface area contributed by atoms with Crippen molar-refractivity contribution < 1.29 is 5.11 Å². The fourth-order valence-electron chi connectivity index (χ4n) is 0.408. The van der Waals surface area contributed by atoms with Crippen molar-refractivity contribution in [1.29, 1.82) is 5.41 Å². The molecule has 0 bridgehead atoms. The van der Waals surface area contributed by atoms with Crippen LogP contribution in [0.15, 0.2) is 17.5 Å². The first kappa shape index (κ1) is 5.31. The van der Waals surface area contributed by atoms with Crippen LogP contribution in [0.4, 0.5) is 0 Å². The summed E-state index contributed by atoms with van der Waals surface area (Å²) in [5.74, 6) is -0.597. The molecule has 0 saturated heterocycles. The van der Waals surface area contributed by atoms with Crippen molar-refractivity contribution in [2.24, 2.45) is 0 Å². The highest BCUT2D eigenvalue weighted by molar-refractivity contribution is 7.11. The Morgan fingerprint density at radius 3 is 2.75 bits per heavy atom. The van der Waals surface area contributed by atoms with Gasteiger partial charge in [0.15, 0.2) is 0 Å². The van der Waals surface area contributed by atoms with Crippen LogP contribution in [0.25, 0.3) is 0 Å². The molecule has 0 radical (unpaired) electrons. The summed E-state index contributed by atoms with van der Waals surface area (Å²) in [5.41, 5.74) is 0. The van der Waals surface area contributed by atoms with Crippen LogP contribution in [0.3, 0.4) is 0 Å². The number of nitrogens with one attached hydrogen (secondary N) is 1.